The normalized spacial score (nSPS) is 33.3. The minimum atomic E-state index is -1.14. The topological polar surface area (TPSA) is 77.2 Å². The Morgan fingerprint density at radius 2 is 2.32 bits per heavy atom. The van der Waals surface area contributed by atoms with Crippen LogP contribution in [0.25, 0.3) is 0 Å². The Hall–Kier alpha value is -1.60. The molecule has 1 aromatic carbocycles. The number of benzene rings is 1. The lowest BCUT2D eigenvalue weighted by molar-refractivity contribution is -0.151. The number of guanidine groups is 1. The number of hydrogen-bond acceptors (Lipinski definition) is 5. The van der Waals surface area contributed by atoms with Crippen LogP contribution in [0.4, 0.5) is 0 Å². The summed E-state index contributed by atoms with van der Waals surface area (Å²) in [6, 6.07) is 5.63. The molecule has 1 aromatic rings. The highest BCUT2D eigenvalue weighted by atomic mass is 79.9. The van der Waals surface area contributed by atoms with Crippen LogP contribution in [0.1, 0.15) is 18.4 Å². The number of carbonyl (C=O) groups is 1. The van der Waals surface area contributed by atoms with Gasteiger partial charge in [-0.25, -0.2) is 4.99 Å². The fourth-order valence-corrected chi connectivity index (χ4v) is 3.87. The molecule has 0 unspecified atom stereocenters. The van der Waals surface area contributed by atoms with E-state index in [-0.39, 0.29) is 18.0 Å². The second-order valence-corrected chi connectivity index (χ2v) is 6.75. The first-order valence-electron chi connectivity index (χ1n) is 7.26. The summed E-state index contributed by atoms with van der Waals surface area (Å²) in [5.41, 5.74) is 5.51. The maximum Gasteiger partial charge on any atom is 0.264 e. The molecule has 1 saturated heterocycles. The van der Waals surface area contributed by atoms with Crippen LogP contribution in [0.15, 0.2) is 27.7 Å². The minimum absolute atomic E-state index is 0.162. The van der Waals surface area contributed by atoms with Crippen molar-refractivity contribution in [2.45, 2.75) is 30.6 Å². The first-order chi connectivity index (χ1) is 10.5. The predicted molar refractivity (Wildman–Crippen MR) is 83.6 cm³/mol. The molecular weight excluding hydrogens is 350 g/mol. The van der Waals surface area contributed by atoms with Gasteiger partial charge in [-0.05, 0) is 31.0 Å². The van der Waals surface area contributed by atoms with Gasteiger partial charge in [-0.1, -0.05) is 15.9 Å². The lowest BCUT2D eigenvalue weighted by atomic mass is 9.77. The van der Waals surface area contributed by atoms with E-state index in [4.69, 9.17) is 15.2 Å². The number of carbonyl (C=O) groups excluding carboxylic acids is 1. The van der Waals surface area contributed by atoms with Gasteiger partial charge in [0.15, 0.2) is 5.96 Å². The molecule has 1 fully saturated rings. The molecule has 0 radical (unpaired) electrons. The highest BCUT2D eigenvalue weighted by Gasteiger charge is 2.61. The predicted octanol–water partition coefficient (Wildman–Crippen LogP) is 1.37. The van der Waals surface area contributed by atoms with E-state index in [9.17, 15) is 4.79 Å². The maximum absolute atomic E-state index is 13.0. The zero-order chi connectivity index (χ0) is 15.5. The molecule has 1 spiro atoms. The molecule has 6 nitrogen and oxygen atoms in total. The summed E-state index contributed by atoms with van der Waals surface area (Å²) in [7, 11) is 1.64. The summed E-state index contributed by atoms with van der Waals surface area (Å²) in [5, 5.41) is 0. The summed E-state index contributed by atoms with van der Waals surface area (Å²) in [4.78, 5) is 18.9. The number of likely N-dealkylation sites (N-methyl/N-ethyl adjacent to an activating group) is 1. The van der Waals surface area contributed by atoms with Gasteiger partial charge >= 0.3 is 0 Å². The first-order valence-corrected chi connectivity index (χ1v) is 8.05. The third kappa shape index (κ3) is 1.69. The molecule has 0 aliphatic carbocycles. The Bertz CT molecular complexity index is 693. The molecule has 0 saturated carbocycles. The van der Waals surface area contributed by atoms with E-state index < -0.39 is 11.6 Å². The van der Waals surface area contributed by atoms with Crippen LogP contribution in [-0.4, -0.2) is 42.6 Å². The van der Waals surface area contributed by atoms with Crippen LogP contribution in [0.3, 0.4) is 0 Å². The largest absolute Gasteiger partial charge is 0.487 e. The molecule has 0 aromatic heterocycles. The summed E-state index contributed by atoms with van der Waals surface area (Å²) in [6.45, 7) is 0.599. The highest BCUT2D eigenvalue weighted by molar-refractivity contribution is 9.10. The lowest BCUT2D eigenvalue weighted by Crippen LogP contribution is -2.58. The number of ether oxygens (including phenoxy) is 2. The summed E-state index contributed by atoms with van der Waals surface area (Å²) < 4.78 is 12.9. The quantitative estimate of drug-likeness (QED) is 0.753. The second kappa shape index (κ2) is 4.70. The zero-order valence-corrected chi connectivity index (χ0v) is 13.7. The van der Waals surface area contributed by atoms with Crippen LogP contribution in [0.5, 0.6) is 5.75 Å². The first kappa shape index (κ1) is 14.0. The van der Waals surface area contributed by atoms with Gasteiger partial charge in [-0.15, -0.1) is 0 Å². The number of hydrogen-bond donors (Lipinski definition) is 1. The van der Waals surface area contributed by atoms with Crippen molar-refractivity contribution >= 4 is 27.8 Å². The Balaban J connectivity index is 1.97. The fourth-order valence-electron chi connectivity index (χ4n) is 3.51. The number of fused-ring (bicyclic) bond motifs is 4. The molecule has 2 N–H and O–H groups in total. The molecule has 116 valence electrons. The van der Waals surface area contributed by atoms with E-state index in [0.29, 0.717) is 17.9 Å². The number of nitrogens with zero attached hydrogens (tertiary/aromatic N) is 2. The van der Waals surface area contributed by atoms with E-state index in [0.717, 1.165) is 17.3 Å². The van der Waals surface area contributed by atoms with Crippen LogP contribution >= 0.6 is 15.9 Å². The van der Waals surface area contributed by atoms with Gasteiger partial charge in [-0.2, -0.15) is 0 Å². The Morgan fingerprint density at radius 3 is 3.05 bits per heavy atom. The zero-order valence-electron chi connectivity index (χ0n) is 12.1. The van der Waals surface area contributed by atoms with Crippen molar-refractivity contribution in [1.82, 2.24) is 4.90 Å². The molecule has 7 heteroatoms. The standard InChI is InChI=1S/C15H16BrN3O3/c1-19-13(20)15(18-14(19)17)9-7-8(16)4-5-10(9)22-11-3-2-6-21-12(11)15/h4-5,7,11-12H,2-3,6H2,1H3,(H2,17,18)/t11-,12+,15+/m0/s1. The Labute approximate surface area is 136 Å². The average molecular weight is 366 g/mol. The molecule has 3 aliphatic rings. The van der Waals surface area contributed by atoms with Crippen molar-refractivity contribution in [3.05, 3.63) is 28.2 Å². The van der Waals surface area contributed by atoms with E-state index >= 15 is 0 Å². The number of aliphatic imine (C=N–C) groups is 1. The molecule has 3 heterocycles. The van der Waals surface area contributed by atoms with Crippen LogP contribution in [0.2, 0.25) is 0 Å². The monoisotopic (exact) mass is 365 g/mol. The van der Waals surface area contributed by atoms with Crippen molar-refractivity contribution in [3.63, 3.8) is 0 Å². The molecule has 3 atom stereocenters. The van der Waals surface area contributed by atoms with Gasteiger partial charge in [0, 0.05) is 23.7 Å². The highest BCUT2D eigenvalue weighted by Crippen LogP contribution is 2.49. The van der Waals surface area contributed by atoms with Crippen molar-refractivity contribution in [1.29, 1.82) is 0 Å². The van der Waals surface area contributed by atoms with Crippen LogP contribution < -0.4 is 10.5 Å². The number of nitrogens with two attached hydrogens (primary N) is 1. The summed E-state index contributed by atoms with van der Waals surface area (Å²) >= 11 is 3.46. The maximum atomic E-state index is 13.0. The fraction of sp³-hybridized carbons (Fsp3) is 0.467. The van der Waals surface area contributed by atoms with Gasteiger partial charge in [-0.3, -0.25) is 9.69 Å². The van der Waals surface area contributed by atoms with Crippen LogP contribution in [0, 0.1) is 0 Å². The summed E-state index contributed by atoms with van der Waals surface area (Å²) in [5.74, 6) is 0.727. The lowest BCUT2D eigenvalue weighted by Gasteiger charge is -2.45. The number of amides is 1. The van der Waals surface area contributed by atoms with Crippen molar-refractivity contribution in [2.24, 2.45) is 10.7 Å². The Morgan fingerprint density at radius 1 is 1.50 bits per heavy atom. The van der Waals surface area contributed by atoms with Gasteiger partial charge in [0.2, 0.25) is 5.54 Å². The van der Waals surface area contributed by atoms with Crippen molar-refractivity contribution in [3.8, 4) is 5.75 Å². The minimum Gasteiger partial charge on any atom is -0.487 e. The van der Waals surface area contributed by atoms with Crippen molar-refractivity contribution in [2.75, 3.05) is 13.7 Å². The molecule has 22 heavy (non-hydrogen) atoms. The third-order valence-electron chi connectivity index (χ3n) is 4.58. The van der Waals surface area contributed by atoms with Gasteiger partial charge in [0.25, 0.3) is 5.91 Å². The third-order valence-corrected chi connectivity index (χ3v) is 5.07. The van der Waals surface area contributed by atoms with Gasteiger partial charge in [0.05, 0.1) is 0 Å². The van der Waals surface area contributed by atoms with E-state index in [1.54, 1.807) is 7.05 Å². The van der Waals surface area contributed by atoms with Gasteiger partial charge in [0.1, 0.15) is 18.0 Å². The molecular formula is C15H16BrN3O3. The number of rotatable bonds is 0. The smallest absolute Gasteiger partial charge is 0.264 e. The van der Waals surface area contributed by atoms with Gasteiger partial charge < -0.3 is 15.2 Å². The average Bonchev–Trinajstić information content (AvgIpc) is 2.74. The van der Waals surface area contributed by atoms with E-state index in [1.165, 1.54) is 4.90 Å². The molecule has 3 aliphatic heterocycles. The van der Waals surface area contributed by atoms with Crippen LogP contribution in [-0.2, 0) is 15.1 Å². The SMILES string of the molecule is CN1C(=O)[C@@]2(N=C1N)c1cc(Br)ccc1O[C@H]1CCCO[C@H]12. The second-order valence-electron chi connectivity index (χ2n) is 5.83. The van der Waals surface area contributed by atoms with E-state index in [1.807, 2.05) is 18.2 Å². The van der Waals surface area contributed by atoms with E-state index in [2.05, 4.69) is 20.9 Å². The Kier molecular flexibility index (Phi) is 2.99. The molecule has 4 rings (SSSR count). The molecule has 0 bridgehead atoms. The molecule has 1 amide bonds. The van der Waals surface area contributed by atoms with Crippen molar-refractivity contribution < 1.29 is 14.3 Å². The summed E-state index contributed by atoms with van der Waals surface area (Å²) in [6.07, 6.45) is 1.12. The number of halogens is 1.